The summed E-state index contributed by atoms with van der Waals surface area (Å²) in [5, 5.41) is 0.594. The Morgan fingerprint density at radius 1 is 1.00 bits per heavy atom. The van der Waals surface area contributed by atoms with E-state index in [2.05, 4.69) is 15.9 Å². The van der Waals surface area contributed by atoms with Gasteiger partial charge in [0.1, 0.15) is 0 Å². The van der Waals surface area contributed by atoms with Crippen molar-refractivity contribution in [2.24, 2.45) is 0 Å². The van der Waals surface area contributed by atoms with E-state index >= 15 is 0 Å². The van der Waals surface area contributed by atoms with E-state index in [1.165, 1.54) is 0 Å². The molecule has 2 aromatic rings. The number of ketones is 1. The van der Waals surface area contributed by atoms with Crippen molar-refractivity contribution in [1.82, 2.24) is 0 Å². The van der Waals surface area contributed by atoms with Crippen LogP contribution >= 0.6 is 27.5 Å². The zero-order valence-electron chi connectivity index (χ0n) is 8.13. The Bertz CT molecular complexity index is 619. The van der Waals surface area contributed by atoms with E-state index in [0.29, 0.717) is 10.6 Å². The minimum atomic E-state index is 0.0416. The van der Waals surface area contributed by atoms with Crippen LogP contribution < -0.4 is 0 Å². The molecule has 0 N–H and O–H groups in total. The number of fused-ring (bicyclic) bond motifs is 3. The van der Waals surface area contributed by atoms with Gasteiger partial charge in [-0.2, -0.15) is 0 Å². The van der Waals surface area contributed by atoms with Crippen molar-refractivity contribution in [3.63, 3.8) is 0 Å². The fraction of sp³-hybridized carbons (Fsp3) is 0. The molecule has 0 radical (unpaired) electrons. The Hall–Kier alpha value is -1.12. The van der Waals surface area contributed by atoms with Crippen LogP contribution in [0.4, 0.5) is 0 Å². The van der Waals surface area contributed by atoms with Gasteiger partial charge in [0.05, 0.1) is 0 Å². The molecule has 3 heteroatoms. The van der Waals surface area contributed by atoms with Crippen molar-refractivity contribution < 1.29 is 4.79 Å². The maximum atomic E-state index is 12.2. The number of carbonyl (C=O) groups is 1. The highest BCUT2D eigenvalue weighted by Crippen LogP contribution is 2.40. The van der Waals surface area contributed by atoms with Gasteiger partial charge in [-0.25, -0.2) is 0 Å². The van der Waals surface area contributed by atoms with Gasteiger partial charge < -0.3 is 0 Å². The van der Waals surface area contributed by atoms with Crippen LogP contribution in [0.3, 0.4) is 0 Å². The van der Waals surface area contributed by atoms with Crippen LogP contribution in [0.15, 0.2) is 40.9 Å². The molecule has 0 saturated heterocycles. The SMILES string of the molecule is O=C1c2cc(Cl)ccc2-c2cccc(Br)c21. The molecule has 0 fully saturated rings. The van der Waals surface area contributed by atoms with Gasteiger partial charge in [0.2, 0.25) is 0 Å². The van der Waals surface area contributed by atoms with E-state index in [1.54, 1.807) is 6.07 Å². The molecular weight excluding hydrogens is 287 g/mol. The summed E-state index contributed by atoms with van der Waals surface area (Å²) in [6.45, 7) is 0. The topological polar surface area (TPSA) is 17.1 Å². The van der Waals surface area contributed by atoms with Crippen molar-refractivity contribution in [3.05, 3.63) is 57.0 Å². The first-order valence-electron chi connectivity index (χ1n) is 4.81. The number of carbonyl (C=O) groups excluding carboxylic acids is 1. The molecule has 78 valence electrons. The molecule has 1 aliphatic rings. The average molecular weight is 294 g/mol. The van der Waals surface area contributed by atoms with Crippen molar-refractivity contribution >= 4 is 33.3 Å². The third-order valence-electron chi connectivity index (χ3n) is 2.76. The highest BCUT2D eigenvalue weighted by Gasteiger charge is 2.28. The first kappa shape index (κ1) is 10.1. The van der Waals surface area contributed by atoms with Crippen molar-refractivity contribution in [2.45, 2.75) is 0 Å². The molecular formula is C13H6BrClO. The minimum Gasteiger partial charge on any atom is -0.289 e. The Labute approximate surface area is 106 Å². The van der Waals surface area contributed by atoms with Gasteiger partial charge in [-0.15, -0.1) is 0 Å². The fourth-order valence-electron chi connectivity index (χ4n) is 2.05. The molecule has 0 bridgehead atoms. The van der Waals surface area contributed by atoms with Crippen LogP contribution in [0.1, 0.15) is 15.9 Å². The quantitative estimate of drug-likeness (QED) is 0.603. The molecule has 0 atom stereocenters. The lowest BCUT2D eigenvalue weighted by Crippen LogP contribution is -1.95. The molecule has 0 aromatic heterocycles. The number of benzene rings is 2. The molecule has 16 heavy (non-hydrogen) atoms. The molecule has 1 aliphatic carbocycles. The Balaban J connectivity index is 2.39. The summed E-state index contributed by atoms with van der Waals surface area (Å²) in [7, 11) is 0. The van der Waals surface area contributed by atoms with E-state index in [0.717, 1.165) is 21.2 Å². The van der Waals surface area contributed by atoms with Gasteiger partial charge in [0.25, 0.3) is 0 Å². The number of rotatable bonds is 0. The van der Waals surface area contributed by atoms with Crippen molar-refractivity contribution in [2.75, 3.05) is 0 Å². The van der Waals surface area contributed by atoms with E-state index in [9.17, 15) is 4.79 Å². The second kappa shape index (κ2) is 3.44. The van der Waals surface area contributed by atoms with E-state index in [4.69, 9.17) is 11.6 Å². The maximum Gasteiger partial charge on any atom is 0.195 e. The summed E-state index contributed by atoms with van der Waals surface area (Å²) < 4.78 is 0.835. The smallest absolute Gasteiger partial charge is 0.195 e. The first-order valence-corrected chi connectivity index (χ1v) is 5.99. The van der Waals surface area contributed by atoms with Crippen molar-refractivity contribution in [1.29, 1.82) is 0 Å². The third kappa shape index (κ3) is 1.27. The summed E-state index contributed by atoms with van der Waals surface area (Å²) in [5.74, 6) is 0.0416. The Morgan fingerprint density at radius 3 is 2.62 bits per heavy atom. The second-order valence-corrected chi connectivity index (χ2v) is 4.97. The van der Waals surface area contributed by atoms with E-state index in [-0.39, 0.29) is 5.78 Å². The monoisotopic (exact) mass is 292 g/mol. The fourth-order valence-corrected chi connectivity index (χ4v) is 2.77. The van der Waals surface area contributed by atoms with Gasteiger partial charge in [0, 0.05) is 20.6 Å². The number of halogens is 2. The lowest BCUT2D eigenvalue weighted by Gasteiger charge is -2.00. The molecule has 2 aromatic carbocycles. The molecule has 0 spiro atoms. The molecule has 0 heterocycles. The Morgan fingerprint density at radius 2 is 1.81 bits per heavy atom. The van der Waals surface area contributed by atoms with Crippen LogP contribution in [0.2, 0.25) is 5.02 Å². The second-order valence-electron chi connectivity index (χ2n) is 3.68. The average Bonchev–Trinajstić information content (AvgIpc) is 2.54. The summed E-state index contributed by atoms with van der Waals surface area (Å²) in [6, 6.07) is 11.2. The molecule has 1 nitrogen and oxygen atoms in total. The van der Waals surface area contributed by atoms with Crippen LogP contribution in [0.25, 0.3) is 11.1 Å². The largest absolute Gasteiger partial charge is 0.289 e. The van der Waals surface area contributed by atoms with Gasteiger partial charge in [-0.3, -0.25) is 4.79 Å². The van der Waals surface area contributed by atoms with Gasteiger partial charge in [0.15, 0.2) is 5.78 Å². The van der Waals surface area contributed by atoms with E-state index < -0.39 is 0 Å². The molecule has 0 saturated carbocycles. The number of hydrogen-bond donors (Lipinski definition) is 0. The van der Waals surface area contributed by atoms with Gasteiger partial charge in [-0.1, -0.05) is 45.7 Å². The van der Waals surface area contributed by atoms with Crippen LogP contribution in [0, 0.1) is 0 Å². The molecule has 0 unspecified atom stereocenters. The lowest BCUT2D eigenvalue weighted by atomic mass is 10.1. The summed E-state index contributed by atoms with van der Waals surface area (Å²) >= 11 is 9.32. The van der Waals surface area contributed by atoms with Crippen molar-refractivity contribution in [3.8, 4) is 11.1 Å². The lowest BCUT2D eigenvalue weighted by molar-refractivity contribution is 0.104. The maximum absolute atomic E-state index is 12.2. The van der Waals surface area contributed by atoms with E-state index in [1.807, 2.05) is 30.3 Å². The third-order valence-corrected chi connectivity index (χ3v) is 3.65. The number of hydrogen-bond acceptors (Lipinski definition) is 1. The van der Waals surface area contributed by atoms with Crippen LogP contribution in [-0.2, 0) is 0 Å². The predicted octanol–water partition coefficient (Wildman–Crippen LogP) is 4.31. The zero-order chi connectivity index (χ0) is 11.3. The summed E-state index contributed by atoms with van der Waals surface area (Å²) in [4.78, 5) is 12.2. The predicted molar refractivity (Wildman–Crippen MR) is 68.0 cm³/mol. The van der Waals surface area contributed by atoms with Crippen LogP contribution in [-0.4, -0.2) is 5.78 Å². The van der Waals surface area contributed by atoms with Crippen LogP contribution in [0.5, 0.6) is 0 Å². The molecule has 3 rings (SSSR count). The summed E-state index contributed by atoms with van der Waals surface area (Å²) in [5.41, 5.74) is 3.37. The van der Waals surface area contributed by atoms with Gasteiger partial charge >= 0.3 is 0 Å². The molecule has 0 amide bonds. The first-order chi connectivity index (χ1) is 7.68. The zero-order valence-corrected chi connectivity index (χ0v) is 10.5. The highest BCUT2D eigenvalue weighted by atomic mass is 79.9. The molecule has 0 aliphatic heterocycles. The van der Waals surface area contributed by atoms with Gasteiger partial charge in [-0.05, 0) is 29.3 Å². The standard InChI is InChI=1S/C13H6BrClO/c14-11-3-1-2-9-8-5-4-7(15)6-10(8)13(16)12(9)11/h1-6H. The Kier molecular flexibility index (Phi) is 2.16. The summed E-state index contributed by atoms with van der Waals surface area (Å²) in [6.07, 6.45) is 0. The highest BCUT2D eigenvalue weighted by molar-refractivity contribution is 9.10. The minimum absolute atomic E-state index is 0.0416. The normalized spacial score (nSPS) is 12.5.